The number of aromatic nitrogens is 6. The van der Waals surface area contributed by atoms with Gasteiger partial charge in [-0.05, 0) is 13.0 Å². The number of H-pyrrole nitrogens is 1. The molecule has 0 amide bonds. The SMILES string of the molecule is Cc1cc2nc(Cn3ccnc3-c3nccs3)[nH]c2cn1. The van der Waals surface area contributed by atoms with E-state index in [0.29, 0.717) is 6.54 Å². The third kappa shape index (κ3) is 2.21. The highest BCUT2D eigenvalue weighted by atomic mass is 32.1. The Balaban J connectivity index is 1.70. The third-order valence-corrected chi connectivity index (χ3v) is 3.98. The van der Waals surface area contributed by atoms with Crippen molar-refractivity contribution in [2.45, 2.75) is 13.5 Å². The average Bonchev–Trinajstić information content (AvgIpc) is 3.16. The summed E-state index contributed by atoms with van der Waals surface area (Å²) in [6.45, 7) is 2.59. The average molecular weight is 296 g/mol. The number of fused-ring (bicyclic) bond motifs is 1. The van der Waals surface area contributed by atoms with E-state index < -0.39 is 0 Å². The maximum Gasteiger partial charge on any atom is 0.169 e. The van der Waals surface area contributed by atoms with Crippen LogP contribution in [0.2, 0.25) is 0 Å². The summed E-state index contributed by atoms with van der Waals surface area (Å²) in [5.74, 6) is 1.74. The van der Waals surface area contributed by atoms with E-state index in [4.69, 9.17) is 0 Å². The minimum atomic E-state index is 0.628. The molecule has 0 spiro atoms. The predicted molar refractivity (Wildman–Crippen MR) is 81.1 cm³/mol. The Morgan fingerprint density at radius 2 is 2.19 bits per heavy atom. The molecule has 0 unspecified atom stereocenters. The van der Waals surface area contributed by atoms with Crippen molar-refractivity contribution in [2.24, 2.45) is 0 Å². The molecule has 0 bridgehead atoms. The molecule has 4 heterocycles. The van der Waals surface area contributed by atoms with Gasteiger partial charge in [0, 0.05) is 29.7 Å². The van der Waals surface area contributed by atoms with Gasteiger partial charge in [-0.3, -0.25) is 4.98 Å². The number of imidazole rings is 2. The van der Waals surface area contributed by atoms with E-state index >= 15 is 0 Å². The summed E-state index contributed by atoms with van der Waals surface area (Å²) in [6, 6.07) is 1.98. The van der Waals surface area contributed by atoms with Crippen molar-refractivity contribution in [1.29, 1.82) is 0 Å². The molecule has 0 saturated carbocycles. The zero-order valence-corrected chi connectivity index (χ0v) is 12.1. The number of hydrogen-bond acceptors (Lipinski definition) is 5. The Hall–Kier alpha value is -2.54. The number of rotatable bonds is 3. The van der Waals surface area contributed by atoms with Gasteiger partial charge in [-0.15, -0.1) is 11.3 Å². The quantitative estimate of drug-likeness (QED) is 0.631. The molecule has 0 atom stereocenters. The molecule has 21 heavy (non-hydrogen) atoms. The lowest BCUT2D eigenvalue weighted by Gasteiger charge is -2.02. The molecule has 4 aromatic rings. The Kier molecular flexibility index (Phi) is 2.78. The molecular weight excluding hydrogens is 284 g/mol. The van der Waals surface area contributed by atoms with Crippen molar-refractivity contribution >= 4 is 22.4 Å². The minimum absolute atomic E-state index is 0.628. The lowest BCUT2D eigenvalue weighted by atomic mass is 10.3. The second kappa shape index (κ2) is 4.78. The summed E-state index contributed by atoms with van der Waals surface area (Å²) in [5, 5.41) is 2.86. The minimum Gasteiger partial charge on any atom is -0.339 e. The molecule has 0 aliphatic carbocycles. The zero-order chi connectivity index (χ0) is 14.2. The van der Waals surface area contributed by atoms with E-state index in [1.807, 2.05) is 35.3 Å². The second-order valence-electron chi connectivity index (χ2n) is 4.74. The number of aromatic amines is 1. The van der Waals surface area contributed by atoms with E-state index in [-0.39, 0.29) is 0 Å². The van der Waals surface area contributed by atoms with Crippen molar-refractivity contribution in [3.8, 4) is 10.8 Å². The van der Waals surface area contributed by atoms with Gasteiger partial charge in [0.05, 0.1) is 23.8 Å². The lowest BCUT2D eigenvalue weighted by molar-refractivity contribution is 0.766. The first-order chi connectivity index (χ1) is 10.3. The topological polar surface area (TPSA) is 72.3 Å². The van der Waals surface area contributed by atoms with Gasteiger partial charge in [0.15, 0.2) is 10.8 Å². The molecule has 104 valence electrons. The van der Waals surface area contributed by atoms with Crippen LogP contribution >= 0.6 is 11.3 Å². The Bertz CT molecular complexity index is 889. The normalized spacial score (nSPS) is 11.3. The Labute approximate surface area is 124 Å². The maximum atomic E-state index is 4.61. The van der Waals surface area contributed by atoms with Crippen LogP contribution in [0.1, 0.15) is 11.5 Å². The molecule has 7 heteroatoms. The van der Waals surface area contributed by atoms with Crippen LogP contribution in [0.15, 0.2) is 36.2 Å². The highest BCUT2D eigenvalue weighted by Crippen LogP contribution is 2.21. The highest BCUT2D eigenvalue weighted by Gasteiger charge is 2.11. The van der Waals surface area contributed by atoms with Crippen molar-refractivity contribution in [3.63, 3.8) is 0 Å². The van der Waals surface area contributed by atoms with Gasteiger partial charge in [-0.1, -0.05) is 0 Å². The molecule has 6 nitrogen and oxygen atoms in total. The van der Waals surface area contributed by atoms with Crippen LogP contribution in [0.5, 0.6) is 0 Å². The van der Waals surface area contributed by atoms with Crippen LogP contribution in [-0.4, -0.2) is 29.5 Å². The molecular formula is C14H12N6S. The molecule has 0 aromatic carbocycles. The van der Waals surface area contributed by atoms with Gasteiger partial charge in [0.2, 0.25) is 0 Å². The van der Waals surface area contributed by atoms with Crippen LogP contribution in [0.25, 0.3) is 21.9 Å². The number of pyridine rings is 1. The first-order valence-electron chi connectivity index (χ1n) is 6.52. The fourth-order valence-electron chi connectivity index (χ4n) is 2.27. The van der Waals surface area contributed by atoms with Gasteiger partial charge in [0.1, 0.15) is 5.82 Å². The van der Waals surface area contributed by atoms with Gasteiger partial charge < -0.3 is 9.55 Å². The summed E-state index contributed by atoms with van der Waals surface area (Å²) in [7, 11) is 0. The van der Waals surface area contributed by atoms with Crippen molar-refractivity contribution in [2.75, 3.05) is 0 Å². The fourth-order valence-corrected chi connectivity index (χ4v) is 2.92. The summed E-state index contributed by atoms with van der Waals surface area (Å²) in [5.41, 5.74) is 2.85. The first-order valence-corrected chi connectivity index (χ1v) is 7.40. The molecule has 0 aliphatic rings. The number of thiazole rings is 1. The van der Waals surface area contributed by atoms with E-state index in [1.165, 1.54) is 0 Å². The molecule has 0 aliphatic heterocycles. The van der Waals surface area contributed by atoms with E-state index in [9.17, 15) is 0 Å². The summed E-state index contributed by atoms with van der Waals surface area (Å²) >= 11 is 1.58. The number of hydrogen-bond donors (Lipinski definition) is 1. The smallest absolute Gasteiger partial charge is 0.169 e. The summed E-state index contributed by atoms with van der Waals surface area (Å²) < 4.78 is 2.04. The molecule has 0 fully saturated rings. The second-order valence-corrected chi connectivity index (χ2v) is 5.64. The largest absolute Gasteiger partial charge is 0.339 e. The van der Waals surface area contributed by atoms with Gasteiger partial charge in [0.25, 0.3) is 0 Å². The number of aryl methyl sites for hydroxylation is 1. The van der Waals surface area contributed by atoms with Crippen LogP contribution in [-0.2, 0) is 6.54 Å². The molecule has 0 saturated heterocycles. The number of nitrogens with one attached hydrogen (secondary N) is 1. The molecule has 1 N–H and O–H groups in total. The molecule has 4 rings (SSSR count). The van der Waals surface area contributed by atoms with E-state index in [1.54, 1.807) is 23.7 Å². The standard InChI is InChI=1S/C14H12N6S/c1-9-6-10-11(7-17-9)19-12(18-10)8-20-4-2-15-13(20)14-16-3-5-21-14/h2-7H,8H2,1H3,(H,18,19). The van der Waals surface area contributed by atoms with Crippen LogP contribution in [0.4, 0.5) is 0 Å². The van der Waals surface area contributed by atoms with Gasteiger partial charge >= 0.3 is 0 Å². The zero-order valence-electron chi connectivity index (χ0n) is 11.3. The van der Waals surface area contributed by atoms with Crippen molar-refractivity contribution in [3.05, 3.63) is 47.8 Å². The lowest BCUT2D eigenvalue weighted by Crippen LogP contribution is -2.02. The summed E-state index contributed by atoms with van der Waals surface area (Å²) in [6.07, 6.45) is 7.32. The van der Waals surface area contributed by atoms with Crippen LogP contribution < -0.4 is 0 Å². The van der Waals surface area contributed by atoms with E-state index in [0.717, 1.165) is 33.4 Å². The number of nitrogens with zero attached hydrogens (tertiary/aromatic N) is 5. The fraction of sp³-hybridized carbons (Fsp3) is 0.143. The molecule has 0 radical (unpaired) electrons. The third-order valence-electron chi connectivity index (χ3n) is 3.21. The Morgan fingerprint density at radius 3 is 3.05 bits per heavy atom. The van der Waals surface area contributed by atoms with E-state index in [2.05, 4.69) is 24.9 Å². The Morgan fingerprint density at radius 1 is 1.24 bits per heavy atom. The van der Waals surface area contributed by atoms with Crippen LogP contribution in [0, 0.1) is 6.92 Å². The van der Waals surface area contributed by atoms with Gasteiger partial charge in [-0.2, -0.15) is 0 Å². The van der Waals surface area contributed by atoms with Crippen molar-refractivity contribution in [1.82, 2.24) is 29.5 Å². The van der Waals surface area contributed by atoms with Crippen LogP contribution in [0.3, 0.4) is 0 Å². The van der Waals surface area contributed by atoms with Crippen molar-refractivity contribution < 1.29 is 0 Å². The monoisotopic (exact) mass is 296 g/mol. The molecule has 4 aromatic heterocycles. The first kappa shape index (κ1) is 12.2. The summed E-state index contributed by atoms with van der Waals surface area (Å²) in [4.78, 5) is 20.9. The maximum absolute atomic E-state index is 4.61. The van der Waals surface area contributed by atoms with Gasteiger partial charge in [-0.25, -0.2) is 15.0 Å². The predicted octanol–water partition coefficient (Wildman–Crippen LogP) is 2.63. The highest BCUT2D eigenvalue weighted by molar-refractivity contribution is 7.13.